The number of carbonyl (C=O) groups excluding carboxylic acids is 2. The Morgan fingerprint density at radius 2 is 1.79 bits per heavy atom. The largest absolute Gasteiger partial charge is 0.484 e. The molecule has 0 spiro atoms. The molecule has 2 aliphatic heterocycles. The Labute approximate surface area is 163 Å². The summed E-state index contributed by atoms with van der Waals surface area (Å²) in [5.41, 5.74) is 2.15. The normalized spacial score (nSPS) is 18.7. The second kappa shape index (κ2) is 8.00. The zero-order valence-electron chi connectivity index (χ0n) is 15.6. The number of hydrogen-bond donors (Lipinski definition) is 0. The van der Waals surface area contributed by atoms with Crippen molar-refractivity contribution >= 4 is 11.8 Å². The Balaban J connectivity index is 1.52. The first-order valence-electron chi connectivity index (χ1n) is 9.65. The van der Waals surface area contributed by atoms with Crippen LogP contribution in [0.3, 0.4) is 0 Å². The lowest BCUT2D eigenvalue weighted by atomic mass is 9.93. The van der Waals surface area contributed by atoms with Gasteiger partial charge in [0.15, 0.2) is 6.61 Å². The minimum absolute atomic E-state index is 0.00566. The van der Waals surface area contributed by atoms with Crippen LogP contribution in [0.4, 0.5) is 4.39 Å². The summed E-state index contributed by atoms with van der Waals surface area (Å²) in [5.74, 6) is -0.380. The molecule has 1 saturated heterocycles. The second-order valence-corrected chi connectivity index (χ2v) is 7.29. The highest BCUT2D eigenvalue weighted by Crippen LogP contribution is 2.26. The average Bonchev–Trinajstić information content (AvgIpc) is 3.25. The number of ether oxygens (including phenoxy) is 1. The fourth-order valence-electron chi connectivity index (χ4n) is 3.94. The number of carbonyl (C=O) groups is 2. The van der Waals surface area contributed by atoms with Crippen LogP contribution in [0, 0.1) is 5.82 Å². The molecule has 1 fully saturated rings. The molecule has 2 amide bonds. The molecule has 2 aliphatic rings. The van der Waals surface area contributed by atoms with Crippen LogP contribution in [0.2, 0.25) is 0 Å². The minimum atomic E-state index is -0.517. The molecule has 0 saturated carbocycles. The molecule has 4 rings (SSSR count). The van der Waals surface area contributed by atoms with Gasteiger partial charge in [0.2, 0.25) is 5.91 Å². The van der Waals surface area contributed by atoms with E-state index in [4.69, 9.17) is 4.74 Å². The molecule has 0 aromatic heterocycles. The third-order valence-corrected chi connectivity index (χ3v) is 5.43. The Bertz CT molecular complexity index is 880. The predicted molar refractivity (Wildman–Crippen MR) is 102 cm³/mol. The number of amides is 2. The summed E-state index contributed by atoms with van der Waals surface area (Å²) in [5, 5.41) is 0. The van der Waals surface area contributed by atoms with Crippen molar-refractivity contribution in [1.82, 2.24) is 9.80 Å². The van der Waals surface area contributed by atoms with Crippen LogP contribution >= 0.6 is 0 Å². The van der Waals surface area contributed by atoms with Gasteiger partial charge in [-0.1, -0.05) is 30.3 Å². The first-order chi connectivity index (χ1) is 13.6. The number of rotatable bonds is 4. The van der Waals surface area contributed by atoms with Gasteiger partial charge in [-0.05, 0) is 36.1 Å². The molecular formula is C22H23FN2O3. The lowest BCUT2D eigenvalue weighted by Crippen LogP contribution is -2.54. The van der Waals surface area contributed by atoms with Crippen molar-refractivity contribution in [2.45, 2.75) is 31.8 Å². The number of halogens is 1. The fourth-order valence-corrected chi connectivity index (χ4v) is 3.94. The molecule has 0 bridgehead atoms. The van der Waals surface area contributed by atoms with Crippen molar-refractivity contribution in [2.24, 2.45) is 0 Å². The smallest absolute Gasteiger partial charge is 0.261 e. The maximum absolute atomic E-state index is 13.3. The van der Waals surface area contributed by atoms with Gasteiger partial charge in [-0.3, -0.25) is 9.59 Å². The summed E-state index contributed by atoms with van der Waals surface area (Å²) >= 11 is 0. The molecule has 146 valence electrons. The molecule has 28 heavy (non-hydrogen) atoms. The van der Waals surface area contributed by atoms with Crippen LogP contribution < -0.4 is 4.74 Å². The van der Waals surface area contributed by atoms with Gasteiger partial charge < -0.3 is 14.5 Å². The zero-order chi connectivity index (χ0) is 19.5. The monoisotopic (exact) mass is 382 g/mol. The van der Waals surface area contributed by atoms with Crippen LogP contribution in [-0.2, 0) is 22.6 Å². The van der Waals surface area contributed by atoms with Crippen molar-refractivity contribution < 1.29 is 18.7 Å². The third kappa shape index (κ3) is 3.86. The van der Waals surface area contributed by atoms with Gasteiger partial charge >= 0.3 is 0 Å². The number of hydrogen-bond acceptors (Lipinski definition) is 3. The average molecular weight is 382 g/mol. The van der Waals surface area contributed by atoms with E-state index in [0.717, 1.165) is 37.1 Å². The van der Waals surface area contributed by atoms with Gasteiger partial charge in [-0.25, -0.2) is 4.39 Å². The molecular weight excluding hydrogens is 359 g/mol. The van der Waals surface area contributed by atoms with Crippen molar-refractivity contribution in [3.8, 4) is 5.75 Å². The van der Waals surface area contributed by atoms with Gasteiger partial charge in [-0.15, -0.1) is 0 Å². The summed E-state index contributed by atoms with van der Waals surface area (Å²) in [4.78, 5) is 29.5. The first-order valence-corrected chi connectivity index (χ1v) is 9.65. The van der Waals surface area contributed by atoms with E-state index in [0.29, 0.717) is 18.7 Å². The first kappa shape index (κ1) is 18.5. The van der Waals surface area contributed by atoms with E-state index in [1.165, 1.54) is 18.2 Å². The molecule has 0 radical (unpaired) electrons. The van der Waals surface area contributed by atoms with Gasteiger partial charge in [0.05, 0.1) is 0 Å². The van der Waals surface area contributed by atoms with E-state index in [1.807, 2.05) is 29.2 Å². The standard InChI is InChI=1S/C22H23FN2O3/c23-18-8-5-9-19(13-18)28-15-21(26)25-14-17-7-2-1-6-16(17)12-20(25)22(27)24-10-3-4-11-24/h1-2,5-9,13,20H,3-4,10-12,14-15H2/t20-/m1/s1. The molecule has 2 aromatic rings. The number of likely N-dealkylation sites (tertiary alicyclic amines) is 1. The quantitative estimate of drug-likeness (QED) is 0.817. The van der Waals surface area contributed by atoms with Crippen LogP contribution in [-0.4, -0.2) is 47.4 Å². The summed E-state index contributed by atoms with van der Waals surface area (Å²) in [7, 11) is 0. The van der Waals surface area contributed by atoms with Crippen LogP contribution in [0.25, 0.3) is 0 Å². The van der Waals surface area contributed by atoms with Crippen molar-refractivity contribution in [1.29, 1.82) is 0 Å². The molecule has 5 nitrogen and oxygen atoms in total. The van der Waals surface area contributed by atoms with Gasteiger partial charge in [0, 0.05) is 32.1 Å². The topological polar surface area (TPSA) is 49.9 Å². The van der Waals surface area contributed by atoms with Crippen LogP contribution in [0.1, 0.15) is 24.0 Å². The Hall–Kier alpha value is -2.89. The van der Waals surface area contributed by atoms with Crippen molar-refractivity contribution in [3.63, 3.8) is 0 Å². The van der Waals surface area contributed by atoms with Gasteiger partial charge in [0.25, 0.3) is 5.91 Å². The van der Waals surface area contributed by atoms with Crippen LogP contribution in [0.15, 0.2) is 48.5 Å². The van der Waals surface area contributed by atoms with E-state index >= 15 is 0 Å². The van der Waals surface area contributed by atoms with Gasteiger partial charge in [-0.2, -0.15) is 0 Å². The van der Waals surface area contributed by atoms with Crippen LogP contribution in [0.5, 0.6) is 5.75 Å². The minimum Gasteiger partial charge on any atom is -0.484 e. The third-order valence-electron chi connectivity index (χ3n) is 5.43. The Morgan fingerprint density at radius 3 is 2.54 bits per heavy atom. The van der Waals surface area contributed by atoms with Gasteiger partial charge in [0.1, 0.15) is 17.6 Å². The van der Waals surface area contributed by atoms with E-state index in [-0.39, 0.29) is 18.4 Å². The summed E-state index contributed by atoms with van der Waals surface area (Å²) in [6.45, 7) is 1.65. The van der Waals surface area contributed by atoms with E-state index in [9.17, 15) is 14.0 Å². The Morgan fingerprint density at radius 1 is 1.04 bits per heavy atom. The fraction of sp³-hybridized carbons (Fsp3) is 0.364. The molecule has 0 aliphatic carbocycles. The zero-order valence-corrected chi connectivity index (χ0v) is 15.6. The lowest BCUT2D eigenvalue weighted by Gasteiger charge is -2.37. The van der Waals surface area contributed by atoms with E-state index < -0.39 is 11.9 Å². The maximum atomic E-state index is 13.3. The molecule has 2 heterocycles. The molecule has 1 atom stereocenters. The highest BCUT2D eigenvalue weighted by Gasteiger charge is 2.37. The number of nitrogens with zero attached hydrogens (tertiary/aromatic N) is 2. The van der Waals surface area contributed by atoms with Crippen molar-refractivity contribution in [2.75, 3.05) is 19.7 Å². The predicted octanol–water partition coefficient (Wildman–Crippen LogP) is 2.78. The SMILES string of the molecule is O=C([C@H]1Cc2ccccc2CN1C(=O)COc1cccc(F)c1)N1CCCC1. The molecule has 0 unspecified atom stereocenters. The maximum Gasteiger partial charge on any atom is 0.261 e. The van der Waals surface area contributed by atoms with E-state index in [1.54, 1.807) is 11.0 Å². The molecule has 2 aromatic carbocycles. The summed E-state index contributed by atoms with van der Waals surface area (Å²) < 4.78 is 18.8. The number of benzene rings is 2. The summed E-state index contributed by atoms with van der Waals surface area (Å²) in [6.07, 6.45) is 2.52. The number of fused-ring (bicyclic) bond motifs is 1. The van der Waals surface area contributed by atoms with E-state index in [2.05, 4.69) is 0 Å². The second-order valence-electron chi connectivity index (χ2n) is 7.29. The molecule has 0 N–H and O–H groups in total. The Kier molecular flexibility index (Phi) is 5.28. The highest BCUT2D eigenvalue weighted by atomic mass is 19.1. The van der Waals surface area contributed by atoms with Crippen molar-refractivity contribution in [3.05, 3.63) is 65.5 Å². The molecule has 6 heteroatoms. The summed E-state index contributed by atoms with van der Waals surface area (Å²) in [6, 6.07) is 13.1. The highest BCUT2D eigenvalue weighted by molar-refractivity contribution is 5.89. The lowest BCUT2D eigenvalue weighted by molar-refractivity contribution is -0.147.